The first-order valence-electron chi connectivity index (χ1n) is 4.78. The van der Waals surface area contributed by atoms with Gasteiger partial charge < -0.3 is 5.32 Å². The van der Waals surface area contributed by atoms with Crippen LogP contribution in [0.4, 0.5) is 0 Å². The lowest BCUT2D eigenvalue weighted by Gasteiger charge is -2.13. The molecule has 0 aliphatic rings. The number of aromatic nitrogens is 4. The monoisotopic (exact) mass is 198 g/mol. The van der Waals surface area contributed by atoms with Gasteiger partial charge in [0.2, 0.25) is 0 Å². The summed E-state index contributed by atoms with van der Waals surface area (Å²) >= 11 is 0. The van der Waals surface area contributed by atoms with Crippen LogP contribution in [-0.4, -0.2) is 52.3 Å². The van der Waals surface area contributed by atoms with E-state index in [9.17, 15) is 0 Å². The fraction of sp³-hybridized carbons (Fsp3) is 0.875. The molecule has 1 heterocycles. The molecule has 1 aromatic heterocycles. The highest BCUT2D eigenvalue weighted by molar-refractivity contribution is 4.75. The maximum absolute atomic E-state index is 4.12. The van der Waals surface area contributed by atoms with Gasteiger partial charge in [-0.15, -0.1) is 10.2 Å². The summed E-state index contributed by atoms with van der Waals surface area (Å²) in [6, 6.07) is 0. The van der Waals surface area contributed by atoms with Crippen LogP contribution in [0.5, 0.6) is 0 Å². The van der Waals surface area contributed by atoms with Crippen LogP contribution in [0.3, 0.4) is 0 Å². The Kier molecular flexibility index (Phi) is 4.48. The zero-order chi connectivity index (χ0) is 10.4. The van der Waals surface area contributed by atoms with Crippen molar-refractivity contribution in [3.63, 3.8) is 0 Å². The molecule has 0 fully saturated rings. The molecule has 0 aliphatic heterocycles. The van der Waals surface area contributed by atoms with Crippen LogP contribution < -0.4 is 5.32 Å². The highest BCUT2D eigenvalue weighted by Gasteiger charge is 2.04. The Morgan fingerprint density at radius 2 is 2.29 bits per heavy atom. The molecular weight excluding hydrogens is 180 g/mol. The van der Waals surface area contributed by atoms with E-state index in [1.54, 1.807) is 7.05 Å². The molecule has 0 saturated carbocycles. The molecule has 0 atom stereocenters. The fourth-order valence-corrected chi connectivity index (χ4v) is 1.23. The van der Waals surface area contributed by atoms with Gasteiger partial charge >= 0.3 is 0 Å². The smallest absolute Gasteiger partial charge is 0.188 e. The summed E-state index contributed by atoms with van der Waals surface area (Å²) < 4.78 is 0. The van der Waals surface area contributed by atoms with Gasteiger partial charge in [0.1, 0.15) is 0 Å². The largest absolute Gasteiger partial charge is 0.320 e. The summed E-state index contributed by atoms with van der Waals surface area (Å²) in [6.45, 7) is 2.84. The molecule has 0 saturated heterocycles. The maximum atomic E-state index is 4.12. The van der Waals surface area contributed by atoms with Crippen molar-refractivity contribution in [1.29, 1.82) is 0 Å². The zero-order valence-corrected chi connectivity index (χ0v) is 9.06. The molecule has 0 radical (unpaired) electrons. The maximum Gasteiger partial charge on any atom is 0.188 e. The quantitative estimate of drug-likeness (QED) is 0.610. The molecule has 0 bridgehead atoms. The van der Waals surface area contributed by atoms with Gasteiger partial charge in [0.05, 0.1) is 13.6 Å². The lowest BCUT2D eigenvalue weighted by Crippen LogP contribution is -2.23. The minimum Gasteiger partial charge on any atom is -0.320 e. The Morgan fingerprint density at radius 1 is 1.50 bits per heavy atom. The van der Waals surface area contributed by atoms with E-state index in [1.807, 2.05) is 7.05 Å². The molecule has 0 aromatic carbocycles. The molecule has 0 aliphatic carbocycles. The molecule has 1 N–H and O–H groups in total. The standard InChI is InChI=1S/C8H18N6/c1-9-5-4-6-13(2)7-8-10-12-14(3)11-8/h9H,4-7H2,1-3H3. The van der Waals surface area contributed by atoms with Crippen molar-refractivity contribution in [3.8, 4) is 0 Å². The van der Waals surface area contributed by atoms with Crippen LogP contribution in [-0.2, 0) is 13.6 Å². The van der Waals surface area contributed by atoms with Gasteiger partial charge in [-0.3, -0.25) is 4.90 Å². The van der Waals surface area contributed by atoms with Crippen LogP contribution in [0, 0.1) is 0 Å². The van der Waals surface area contributed by atoms with E-state index < -0.39 is 0 Å². The first-order valence-corrected chi connectivity index (χ1v) is 4.78. The van der Waals surface area contributed by atoms with Gasteiger partial charge in [0.15, 0.2) is 5.82 Å². The van der Waals surface area contributed by atoms with Crippen LogP contribution in [0.2, 0.25) is 0 Å². The molecule has 14 heavy (non-hydrogen) atoms. The molecule has 0 spiro atoms. The zero-order valence-electron chi connectivity index (χ0n) is 9.06. The second-order valence-electron chi connectivity index (χ2n) is 3.39. The van der Waals surface area contributed by atoms with Gasteiger partial charge in [-0.2, -0.15) is 4.80 Å². The molecular formula is C8H18N6. The van der Waals surface area contributed by atoms with Gasteiger partial charge in [0.25, 0.3) is 0 Å². The van der Waals surface area contributed by atoms with Crippen molar-refractivity contribution >= 4 is 0 Å². The van der Waals surface area contributed by atoms with Gasteiger partial charge in [-0.25, -0.2) is 0 Å². The Morgan fingerprint density at radius 3 is 2.86 bits per heavy atom. The first kappa shape index (κ1) is 11.1. The highest BCUT2D eigenvalue weighted by atomic mass is 15.6. The third-order valence-corrected chi connectivity index (χ3v) is 1.93. The van der Waals surface area contributed by atoms with Crippen molar-refractivity contribution < 1.29 is 0 Å². The lowest BCUT2D eigenvalue weighted by molar-refractivity contribution is 0.312. The number of aryl methyl sites for hydroxylation is 1. The van der Waals surface area contributed by atoms with Crippen molar-refractivity contribution in [2.45, 2.75) is 13.0 Å². The normalized spacial score (nSPS) is 11.1. The SMILES string of the molecule is CNCCCN(C)Cc1nnn(C)n1. The van der Waals surface area contributed by atoms with E-state index in [0.717, 1.165) is 31.9 Å². The van der Waals surface area contributed by atoms with Crippen LogP contribution in [0.15, 0.2) is 0 Å². The molecule has 1 rings (SSSR count). The van der Waals surface area contributed by atoms with E-state index in [4.69, 9.17) is 0 Å². The summed E-state index contributed by atoms with van der Waals surface area (Å²) in [6.07, 6.45) is 1.13. The second kappa shape index (κ2) is 5.66. The minimum atomic E-state index is 0.761. The highest BCUT2D eigenvalue weighted by Crippen LogP contribution is 1.94. The van der Waals surface area contributed by atoms with Crippen molar-refractivity contribution in [1.82, 2.24) is 30.4 Å². The Labute approximate surface area is 84.3 Å². The third kappa shape index (κ3) is 3.80. The summed E-state index contributed by atoms with van der Waals surface area (Å²) in [5.41, 5.74) is 0. The predicted molar refractivity (Wildman–Crippen MR) is 53.7 cm³/mol. The summed E-state index contributed by atoms with van der Waals surface area (Å²) in [7, 11) is 5.80. The van der Waals surface area contributed by atoms with Crippen molar-refractivity contribution in [2.75, 3.05) is 27.2 Å². The second-order valence-corrected chi connectivity index (χ2v) is 3.39. The number of tetrazole rings is 1. The van der Waals surface area contributed by atoms with Crippen molar-refractivity contribution in [2.24, 2.45) is 7.05 Å². The van der Waals surface area contributed by atoms with E-state index in [1.165, 1.54) is 4.80 Å². The minimum absolute atomic E-state index is 0.761. The summed E-state index contributed by atoms with van der Waals surface area (Å²) in [4.78, 5) is 3.67. The average molecular weight is 198 g/mol. The van der Waals surface area contributed by atoms with Crippen LogP contribution in [0.25, 0.3) is 0 Å². The van der Waals surface area contributed by atoms with Crippen LogP contribution >= 0.6 is 0 Å². The molecule has 0 unspecified atom stereocenters. The van der Waals surface area contributed by atoms with Crippen LogP contribution in [0.1, 0.15) is 12.2 Å². The molecule has 80 valence electrons. The van der Waals surface area contributed by atoms with E-state index in [0.29, 0.717) is 0 Å². The van der Waals surface area contributed by atoms with E-state index in [2.05, 4.69) is 32.7 Å². The third-order valence-electron chi connectivity index (χ3n) is 1.93. The molecule has 6 nitrogen and oxygen atoms in total. The summed E-state index contributed by atoms with van der Waals surface area (Å²) in [5.74, 6) is 0.777. The van der Waals surface area contributed by atoms with Gasteiger partial charge in [-0.1, -0.05) is 0 Å². The topological polar surface area (TPSA) is 58.9 Å². The Bertz CT molecular complexity index is 258. The van der Waals surface area contributed by atoms with E-state index in [-0.39, 0.29) is 0 Å². The molecule has 1 aromatic rings. The Balaban J connectivity index is 2.23. The number of nitrogens with zero attached hydrogens (tertiary/aromatic N) is 5. The average Bonchev–Trinajstić information content (AvgIpc) is 2.52. The number of hydrogen-bond acceptors (Lipinski definition) is 5. The predicted octanol–water partition coefficient (Wildman–Crippen LogP) is -0.749. The summed E-state index contributed by atoms with van der Waals surface area (Å²) in [5, 5.41) is 14.9. The van der Waals surface area contributed by atoms with Gasteiger partial charge in [-0.05, 0) is 38.8 Å². The van der Waals surface area contributed by atoms with Crippen molar-refractivity contribution in [3.05, 3.63) is 5.82 Å². The van der Waals surface area contributed by atoms with E-state index >= 15 is 0 Å². The molecule has 0 amide bonds. The number of rotatable bonds is 6. The Hall–Kier alpha value is -1.01. The lowest BCUT2D eigenvalue weighted by atomic mass is 10.4. The number of hydrogen-bond donors (Lipinski definition) is 1. The number of nitrogens with one attached hydrogen (secondary N) is 1. The molecule has 6 heteroatoms. The van der Waals surface area contributed by atoms with Gasteiger partial charge in [0, 0.05) is 0 Å². The first-order chi connectivity index (χ1) is 6.72. The fourth-order valence-electron chi connectivity index (χ4n) is 1.23.